The number of aromatic nitrogens is 5. The predicted molar refractivity (Wildman–Crippen MR) is 140 cm³/mol. The molecule has 4 aromatic rings. The van der Waals surface area contributed by atoms with E-state index < -0.39 is 17.7 Å². The zero-order valence-electron chi connectivity index (χ0n) is 20.8. The highest BCUT2D eigenvalue weighted by Crippen LogP contribution is 2.29. The van der Waals surface area contributed by atoms with Gasteiger partial charge in [-0.15, -0.1) is 5.10 Å². The molecule has 1 atom stereocenters. The minimum Gasteiger partial charge on any atom is -0.481 e. The first-order chi connectivity index (χ1) is 18.1. The molecule has 0 fully saturated rings. The first-order valence-corrected chi connectivity index (χ1v) is 11.0. The second-order valence-electron chi connectivity index (χ2n) is 7.72. The third kappa shape index (κ3) is 6.63. The first kappa shape index (κ1) is 27.2. The summed E-state index contributed by atoms with van der Waals surface area (Å²) in [5.41, 5.74) is 13.3. The van der Waals surface area contributed by atoms with Gasteiger partial charge in [0.15, 0.2) is 11.6 Å². The van der Waals surface area contributed by atoms with Crippen molar-refractivity contribution in [1.82, 2.24) is 24.7 Å². The number of methoxy groups -OCH3 is 2. The van der Waals surface area contributed by atoms with E-state index in [4.69, 9.17) is 36.3 Å². The van der Waals surface area contributed by atoms with Crippen molar-refractivity contribution in [3.05, 3.63) is 82.2 Å². The Morgan fingerprint density at radius 2 is 1.76 bits per heavy atom. The molecule has 14 heteroatoms. The number of nitrogens with one attached hydrogen (secondary N) is 3. The van der Waals surface area contributed by atoms with Crippen LogP contribution in [0.4, 0.5) is 11.4 Å². The second-order valence-corrected chi connectivity index (χ2v) is 7.72. The number of benzene rings is 1. The van der Waals surface area contributed by atoms with Crippen molar-refractivity contribution in [2.24, 2.45) is 5.73 Å². The molecule has 8 N–H and O–H groups in total. The summed E-state index contributed by atoms with van der Waals surface area (Å²) in [5, 5.41) is 22.8. The Hall–Kier alpha value is -5.40. The van der Waals surface area contributed by atoms with Crippen LogP contribution in [-0.4, -0.2) is 55.9 Å². The SMILES string of the molecule is CC(=O)O.COc1cc([C@H](Nc2ccc(C(=N)N)cc2)c2nn(-c3ncccc3N)c(=O)[nH]2)cc(OC)n1. The van der Waals surface area contributed by atoms with Crippen LogP contribution >= 0.6 is 0 Å². The van der Waals surface area contributed by atoms with E-state index in [2.05, 4.69) is 25.4 Å². The fourth-order valence-corrected chi connectivity index (χ4v) is 3.30. The Bertz CT molecular complexity index is 1460. The summed E-state index contributed by atoms with van der Waals surface area (Å²) in [6, 6.07) is 13.0. The number of ether oxygens (including phenoxy) is 2. The van der Waals surface area contributed by atoms with Crippen molar-refractivity contribution in [2.75, 3.05) is 25.3 Å². The molecule has 0 saturated carbocycles. The average molecular weight is 522 g/mol. The maximum absolute atomic E-state index is 12.8. The number of H-pyrrole nitrogens is 1. The van der Waals surface area contributed by atoms with Crippen molar-refractivity contribution >= 4 is 23.2 Å². The molecule has 0 aliphatic rings. The minimum atomic E-state index is -0.833. The van der Waals surface area contributed by atoms with Gasteiger partial charge >= 0.3 is 5.69 Å². The fourth-order valence-electron chi connectivity index (χ4n) is 3.30. The van der Waals surface area contributed by atoms with Crippen LogP contribution in [0.3, 0.4) is 0 Å². The molecule has 3 aromatic heterocycles. The maximum Gasteiger partial charge on any atom is 0.349 e. The molecule has 14 nitrogen and oxygen atoms in total. The summed E-state index contributed by atoms with van der Waals surface area (Å²) in [4.78, 5) is 33.0. The van der Waals surface area contributed by atoms with Crippen molar-refractivity contribution in [3.8, 4) is 17.6 Å². The number of hydrogen-bond donors (Lipinski definition) is 6. The van der Waals surface area contributed by atoms with Crippen LogP contribution in [0.15, 0.2) is 59.5 Å². The van der Waals surface area contributed by atoms with Gasteiger partial charge in [-0.2, -0.15) is 9.67 Å². The summed E-state index contributed by atoms with van der Waals surface area (Å²) in [6.45, 7) is 1.08. The Morgan fingerprint density at radius 1 is 1.16 bits per heavy atom. The number of amidine groups is 1. The van der Waals surface area contributed by atoms with Gasteiger partial charge in [0.25, 0.3) is 5.97 Å². The number of nitrogens with zero attached hydrogens (tertiary/aromatic N) is 4. The van der Waals surface area contributed by atoms with Gasteiger partial charge in [0.2, 0.25) is 11.8 Å². The zero-order chi connectivity index (χ0) is 27.8. The van der Waals surface area contributed by atoms with E-state index in [9.17, 15) is 4.79 Å². The highest BCUT2D eigenvalue weighted by Gasteiger charge is 2.23. The first-order valence-electron chi connectivity index (χ1n) is 11.0. The van der Waals surface area contributed by atoms with E-state index >= 15 is 0 Å². The van der Waals surface area contributed by atoms with E-state index in [1.807, 2.05) is 0 Å². The fraction of sp³-hybridized carbons (Fsp3) is 0.167. The lowest BCUT2D eigenvalue weighted by Gasteiger charge is -2.19. The van der Waals surface area contributed by atoms with E-state index in [0.717, 1.165) is 11.6 Å². The minimum absolute atomic E-state index is 0.0391. The molecule has 0 amide bonds. The maximum atomic E-state index is 12.8. The number of hydrogen-bond acceptors (Lipinski definition) is 10. The second kappa shape index (κ2) is 12.0. The van der Waals surface area contributed by atoms with Crippen LogP contribution in [0.2, 0.25) is 0 Å². The summed E-state index contributed by atoms with van der Waals surface area (Å²) >= 11 is 0. The number of aliphatic carboxylic acids is 1. The van der Waals surface area contributed by atoms with Crippen LogP contribution in [0.25, 0.3) is 5.82 Å². The largest absolute Gasteiger partial charge is 0.481 e. The van der Waals surface area contributed by atoms with E-state index in [1.54, 1.807) is 48.5 Å². The Morgan fingerprint density at radius 3 is 2.29 bits per heavy atom. The van der Waals surface area contributed by atoms with E-state index in [0.29, 0.717) is 40.1 Å². The van der Waals surface area contributed by atoms with Crippen LogP contribution < -0.4 is 31.9 Å². The van der Waals surface area contributed by atoms with Crippen molar-refractivity contribution < 1.29 is 19.4 Å². The van der Waals surface area contributed by atoms with Gasteiger partial charge in [-0.25, -0.2) is 9.78 Å². The average Bonchev–Trinajstić information content (AvgIpc) is 3.27. The molecule has 0 unspecified atom stereocenters. The van der Waals surface area contributed by atoms with Gasteiger partial charge in [0.1, 0.15) is 11.9 Å². The monoisotopic (exact) mass is 521 g/mol. The normalized spacial score (nSPS) is 11.0. The molecular weight excluding hydrogens is 494 g/mol. The Labute approximate surface area is 216 Å². The smallest absolute Gasteiger partial charge is 0.349 e. The summed E-state index contributed by atoms with van der Waals surface area (Å²) in [5.74, 6) is 0.279. The van der Waals surface area contributed by atoms with Crippen molar-refractivity contribution in [1.29, 1.82) is 5.41 Å². The molecule has 0 radical (unpaired) electrons. The van der Waals surface area contributed by atoms with Crippen LogP contribution in [0.5, 0.6) is 11.8 Å². The molecule has 3 heterocycles. The topological polar surface area (TPSA) is 220 Å². The molecule has 0 spiro atoms. The highest BCUT2D eigenvalue weighted by molar-refractivity contribution is 5.95. The lowest BCUT2D eigenvalue weighted by Crippen LogP contribution is -2.18. The van der Waals surface area contributed by atoms with Crippen molar-refractivity contribution in [2.45, 2.75) is 13.0 Å². The molecule has 4 rings (SSSR count). The van der Waals surface area contributed by atoms with Gasteiger partial charge in [-0.3, -0.25) is 15.2 Å². The number of nitrogens with two attached hydrogens (primary N) is 2. The summed E-state index contributed by atoms with van der Waals surface area (Å²) in [7, 11) is 2.99. The lowest BCUT2D eigenvalue weighted by molar-refractivity contribution is -0.134. The number of anilines is 2. The number of pyridine rings is 2. The van der Waals surface area contributed by atoms with Gasteiger partial charge in [-0.1, -0.05) is 0 Å². The third-order valence-electron chi connectivity index (χ3n) is 4.99. The highest BCUT2D eigenvalue weighted by atomic mass is 16.5. The van der Waals surface area contributed by atoms with Crippen molar-refractivity contribution in [3.63, 3.8) is 0 Å². The number of nitrogen functional groups attached to an aromatic ring is 2. The molecule has 198 valence electrons. The summed E-state index contributed by atoms with van der Waals surface area (Å²) < 4.78 is 11.7. The molecule has 1 aromatic carbocycles. The number of aromatic amines is 1. The van der Waals surface area contributed by atoms with Gasteiger partial charge in [0.05, 0.1) is 19.9 Å². The van der Waals surface area contributed by atoms with Crippen LogP contribution in [0.1, 0.15) is 29.9 Å². The third-order valence-corrected chi connectivity index (χ3v) is 4.99. The van der Waals surface area contributed by atoms with E-state index in [-0.39, 0.29) is 11.7 Å². The lowest BCUT2D eigenvalue weighted by atomic mass is 10.1. The summed E-state index contributed by atoms with van der Waals surface area (Å²) in [6.07, 6.45) is 1.53. The Kier molecular flexibility index (Phi) is 8.61. The van der Waals surface area contributed by atoms with Gasteiger partial charge in [0, 0.05) is 36.5 Å². The standard InChI is InChI=1S/C22H23N9O3.C2H4O2/c1-33-16-10-13(11-17(28-16)34-2)18(27-14-7-5-12(6-8-14)19(24)25)20-29-22(32)31(30-20)21-15(23)4-3-9-26-21;1-2(3)4/h3-11,18,27H,23H2,1-2H3,(H3,24,25)(H,29,30,32);1H3,(H,3,4)/t18-;/m0./s1. The zero-order valence-corrected chi connectivity index (χ0v) is 20.8. The molecule has 38 heavy (non-hydrogen) atoms. The number of rotatable bonds is 8. The van der Waals surface area contributed by atoms with Gasteiger partial charge < -0.3 is 31.4 Å². The number of carboxylic acids is 1. The molecule has 0 saturated heterocycles. The molecule has 0 aliphatic heterocycles. The van der Waals surface area contributed by atoms with Gasteiger partial charge in [-0.05, 0) is 42.0 Å². The Balaban J connectivity index is 0.000000934. The predicted octanol–water partition coefficient (Wildman–Crippen LogP) is 1.53. The molecule has 0 bridgehead atoms. The quantitative estimate of drug-likeness (QED) is 0.144. The molecule has 0 aliphatic carbocycles. The number of carboxylic acid groups (broad SMARTS) is 1. The molecular formula is C24H27N9O5. The van der Waals surface area contributed by atoms with E-state index in [1.165, 1.54) is 20.4 Å². The van der Waals surface area contributed by atoms with Crippen LogP contribution in [0, 0.1) is 5.41 Å². The van der Waals surface area contributed by atoms with Crippen LogP contribution in [-0.2, 0) is 4.79 Å². The number of carbonyl (C=O) groups is 1.